The molecule has 2 aromatic rings. The van der Waals surface area contributed by atoms with Crippen molar-refractivity contribution in [3.8, 4) is 0 Å². The number of hydrogen-bond acceptors (Lipinski definition) is 4. The lowest BCUT2D eigenvalue weighted by atomic mass is 10.5. The molecule has 12 heavy (non-hydrogen) atoms. The Morgan fingerprint density at radius 3 is 3.08 bits per heavy atom. The van der Waals surface area contributed by atoms with Crippen LogP contribution < -0.4 is 5.56 Å². The fourth-order valence-corrected chi connectivity index (χ4v) is 1.21. The van der Waals surface area contributed by atoms with Gasteiger partial charge in [0.05, 0.1) is 12.5 Å². The Labute approximate surface area is 80.4 Å². The summed E-state index contributed by atoms with van der Waals surface area (Å²) in [6, 6.07) is 0. The molecule has 1 N–H and O–H groups in total. The number of aromatic amines is 1. The number of H-pyrrole nitrogens is 1. The minimum atomic E-state index is -0.258. The van der Waals surface area contributed by atoms with Crippen LogP contribution in [0.5, 0.6) is 0 Å². The highest BCUT2D eigenvalue weighted by Crippen LogP contribution is 2.01. The van der Waals surface area contributed by atoms with E-state index in [0.717, 1.165) is 0 Å². The molecule has 2 heterocycles. The van der Waals surface area contributed by atoms with Crippen LogP contribution in [0.4, 0.5) is 0 Å². The minimum absolute atomic E-state index is 0.258. The van der Waals surface area contributed by atoms with Gasteiger partial charge in [-0.25, -0.2) is 15.0 Å². The SMILES string of the molecule is O=c1[nH]cnc2ncc(I)nc12. The Hall–Kier alpha value is -1.05. The van der Waals surface area contributed by atoms with E-state index >= 15 is 0 Å². The second-order valence-corrected chi connectivity index (χ2v) is 3.20. The Morgan fingerprint density at radius 2 is 2.25 bits per heavy atom. The second-order valence-electron chi connectivity index (χ2n) is 2.10. The van der Waals surface area contributed by atoms with Gasteiger partial charge < -0.3 is 4.98 Å². The molecule has 2 aromatic heterocycles. The van der Waals surface area contributed by atoms with Crippen LogP contribution >= 0.6 is 22.6 Å². The molecule has 60 valence electrons. The number of rotatable bonds is 0. The molecule has 0 saturated carbocycles. The van der Waals surface area contributed by atoms with Crippen molar-refractivity contribution >= 4 is 33.8 Å². The maximum Gasteiger partial charge on any atom is 0.278 e. The molecule has 0 aliphatic rings. The molecule has 2 rings (SSSR count). The predicted molar refractivity (Wildman–Crippen MR) is 50.7 cm³/mol. The van der Waals surface area contributed by atoms with Crippen molar-refractivity contribution in [3.63, 3.8) is 0 Å². The molecule has 5 nitrogen and oxygen atoms in total. The summed E-state index contributed by atoms with van der Waals surface area (Å²) in [4.78, 5) is 25.3. The normalized spacial score (nSPS) is 10.4. The molecule has 6 heteroatoms. The van der Waals surface area contributed by atoms with E-state index in [2.05, 4.69) is 19.9 Å². The van der Waals surface area contributed by atoms with Crippen molar-refractivity contribution in [3.05, 3.63) is 26.6 Å². The summed E-state index contributed by atoms with van der Waals surface area (Å²) >= 11 is 1.99. The van der Waals surface area contributed by atoms with Crippen LogP contribution in [0.3, 0.4) is 0 Å². The summed E-state index contributed by atoms with van der Waals surface area (Å²) < 4.78 is 0.679. The quantitative estimate of drug-likeness (QED) is 0.702. The van der Waals surface area contributed by atoms with E-state index in [1.54, 1.807) is 6.20 Å². The molecule has 0 saturated heterocycles. The van der Waals surface area contributed by atoms with Crippen LogP contribution in [0.2, 0.25) is 0 Å². The maximum atomic E-state index is 11.1. The average molecular weight is 274 g/mol. The number of halogens is 1. The van der Waals surface area contributed by atoms with Gasteiger partial charge >= 0.3 is 0 Å². The Bertz CT molecular complexity index is 480. The number of nitrogens with zero attached hydrogens (tertiary/aromatic N) is 3. The van der Waals surface area contributed by atoms with E-state index < -0.39 is 0 Å². The third-order valence-corrected chi connectivity index (χ3v) is 1.84. The molecular formula is C6H3IN4O. The predicted octanol–water partition coefficient (Wildman–Crippen LogP) is 0.318. The van der Waals surface area contributed by atoms with Crippen LogP contribution in [0.1, 0.15) is 0 Å². The third kappa shape index (κ3) is 1.17. The van der Waals surface area contributed by atoms with E-state index in [9.17, 15) is 4.79 Å². The molecule has 0 radical (unpaired) electrons. The number of fused-ring (bicyclic) bond motifs is 1. The molecule has 0 unspecified atom stereocenters. The fourth-order valence-electron chi connectivity index (χ4n) is 0.828. The molecule has 0 amide bonds. The highest BCUT2D eigenvalue weighted by atomic mass is 127. The molecule has 0 spiro atoms. The van der Waals surface area contributed by atoms with Gasteiger partial charge in [-0.3, -0.25) is 4.79 Å². The Balaban J connectivity index is 2.98. The van der Waals surface area contributed by atoms with Gasteiger partial charge in [-0.15, -0.1) is 0 Å². The zero-order valence-electron chi connectivity index (χ0n) is 5.78. The van der Waals surface area contributed by atoms with Gasteiger partial charge in [0.15, 0.2) is 11.2 Å². The summed E-state index contributed by atoms with van der Waals surface area (Å²) in [5.41, 5.74) is 0.398. The summed E-state index contributed by atoms with van der Waals surface area (Å²) in [6.45, 7) is 0. The maximum absolute atomic E-state index is 11.1. The van der Waals surface area contributed by atoms with Crippen LogP contribution in [0.15, 0.2) is 17.3 Å². The molecule has 0 aliphatic heterocycles. The number of aromatic nitrogens is 4. The van der Waals surface area contributed by atoms with Crippen LogP contribution in [0.25, 0.3) is 11.2 Å². The first kappa shape index (κ1) is 7.59. The average Bonchev–Trinajstić information content (AvgIpc) is 2.07. The van der Waals surface area contributed by atoms with Crippen molar-refractivity contribution in [1.82, 2.24) is 19.9 Å². The van der Waals surface area contributed by atoms with Crippen molar-refractivity contribution in [2.75, 3.05) is 0 Å². The lowest BCUT2D eigenvalue weighted by Gasteiger charge is -1.92. The van der Waals surface area contributed by atoms with Crippen LogP contribution in [0, 0.1) is 3.70 Å². The van der Waals surface area contributed by atoms with Gasteiger partial charge in [0.2, 0.25) is 0 Å². The Kier molecular flexibility index (Phi) is 1.75. The van der Waals surface area contributed by atoms with Gasteiger partial charge in [-0.2, -0.15) is 0 Å². The first-order chi connectivity index (χ1) is 5.77. The van der Waals surface area contributed by atoms with Crippen molar-refractivity contribution in [2.24, 2.45) is 0 Å². The lowest BCUT2D eigenvalue weighted by Crippen LogP contribution is -2.09. The molecule has 0 atom stereocenters. The van der Waals surface area contributed by atoms with E-state index in [1.807, 2.05) is 22.6 Å². The third-order valence-electron chi connectivity index (χ3n) is 1.32. The van der Waals surface area contributed by atoms with E-state index in [0.29, 0.717) is 9.35 Å². The van der Waals surface area contributed by atoms with Gasteiger partial charge in [0.1, 0.15) is 3.70 Å². The first-order valence-corrected chi connectivity index (χ1v) is 4.21. The van der Waals surface area contributed by atoms with Crippen molar-refractivity contribution in [2.45, 2.75) is 0 Å². The lowest BCUT2D eigenvalue weighted by molar-refractivity contribution is 1.10. The number of nitrogens with one attached hydrogen (secondary N) is 1. The first-order valence-electron chi connectivity index (χ1n) is 3.13. The molecule has 0 aliphatic carbocycles. The monoisotopic (exact) mass is 274 g/mol. The summed E-state index contributed by atoms with van der Waals surface area (Å²) in [7, 11) is 0. The highest BCUT2D eigenvalue weighted by molar-refractivity contribution is 14.1. The standard InChI is InChI=1S/C6H3IN4O/c7-3-1-8-5-4(11-3)6(12)10-2-9-5/h1-2H,(H,8,9,10,12). The molecule has 0 aromatic carbocycles. The zero-order valence-corrected chi connectivity index (χ0v) is 7.94. The van der Waals surface area contributed by atoms with Gasteiger partial charge in [0, 0.05) is 0 Å². The van der Waals surface area contributed by atoms with E-state index in [-0.39, 0.29) is 11.1 Å². The molecule has 0 fully saturated rings. The van der Waals surface area contributed by atoms with Gasteiger partial charge in [-0.1, -0.05) is 0 Å². The highest BCUT2D eigenvalue weighted by Gasteiger charge is 2.01. The van der Waals surface area contributed by atoms with E-state index in [1.165, 1.54) is 6.33 Å². The fraction of sp³-hybridized carbons (Fsp3) is 0. The Morgan fingerprint density at radius 1 is 1.42 bits per heavy atom. The van der Waals surface area contributed by atoms with Gasteiger partial charge in [0.25, 0.3) is 5.56 Å². The topological polar surface area (TPSA) is 71.5 Å². The second kappa shape index (κ2) is 2.77. The molecular weight excluding hydrogens is 271 g/mol. The van der Waals surface area contributed by atoms with E-state index in [4.69, 9.17) is 0 Å². The summed E-state index contributed by atoms with van der Waals surface area (Å²) in [6.07, 6.45) is 2.88. The smallest absolute Gasteiger partial charge is 0.278 e. The van der Waals surface area contributed by atoms with Crippen molar-refractivity contribution in [1.29, 1.82) is 0 Å². The van der Waals surface area contributed by atoms with Crippen molar-refractivity contribution < 1.29 is 0 Å². The van der Waals surface area contributed by atoms with Gasteiger partial charge in [-0.05, 0) is 22.6 Å². The minimum Gasteiger partial charge on any atom is -0.311 e. The largest absolute Gasteiger partial charge is 0.311 e. The summed E-state index contributed by atoms with van der Waals surface area (Å²) in [5.74, 6) is 0. The zero-order chi connectivity index (χ0) is 8.55. The molecule has 0 bridgehead atoms. The summed E-state index contributed by atoms with van der Waals surface area (Å²) in [5, 5.41) is 0. The number of hydrogen-bond donors (Lipinski definition) is 1. The van der Waals surface area contributed by atoms with Crippen LogP contribution in [-0.4, -0.2) is 19.9 Å². The van der Waals surface area contributed by atoms with Crippen LogP contribution in [-0.2, 0) is 0 Å².